The van der Waals surface area contributed by atoms with Gasteiger partial charge in [-0.2, -0.15) is 0 Å². The number of hydrogen-bond donors (Lipinski definition) is 0. The molecule has 0 unspecified atom stereocenters. The Kier molecular flexibility index (Phi) is 3.98. The maximum absolute atomic E-state index is 12.3. The highest BCUT2D eigenvalue weighted by Crippen LogP contribution is 2.54. The van der Waals surface area contributed by atoms with Crippen LogP contribution in [0.2, 0.25) is 0 Å². The molecule has 2 heterocycles. The van der Waals surface area contributed by atoms with Crippen LogP contribution < -0.4 is 0 Å². The van der Waals surface area contributed by atoms with Crippen LogP contribution in [0.3, 0.4) is 0 Å². The Morgan fingerprint density at radius 3 is 2.60 bits per heavy atom. The van der Waals surface area contributed by atoms with Gasteiger partial charge in [-0.05, 0) is 6.08 Å². The molecule has 2 aliphatic rings. The van der Waals surface area contributed by atoms with Gasteiger partial charge in [-0.3, -0.25) is 4.79 Å². The van der Waals surface area contributed by atoms with Crippen molar-refractivity contribution in [2.75, 3.05) is 20.7 Å². The largest absolute Gasteiger partial charge is 0.453 e. The van der Waals surface area contributed by atoms with Gasteiger partial charge in [0.15, 0.2) is 0 Å². The van der Waals surface area contributed by atoms with E-state index in [1.54, 1.807) is 0 Å². The zero-order chi connectivity index (χ0) is 15.3. The second kappa shape index (κ2) is 4.92. The van der Waals surface area contributed by atoms with E-state index in [4.69, 9.17) is 51.1 Å². The fourth-order valence-electron chi connectivity index (χ4n) is 2.21. The van der Waals surface area contributed by atoms with Gasteiger partial charge in [0.05, 0.1) is 13.7 Å². The number of nitrogens with zero attached hydrogens (tertiary/aromatic N) is 1. The standard InChI is InChI=1S/C11H11Cl4NO4/c1-16(8(18)19-2)5-9-4-3-6(20-9)10(12,13)7(17)11(9,14)15/h3-4,6H,5H2,1-2H3/t6-,9+/m0/s1. The van der Waals surface area contributed by atoms with Crippen molar-refractivity contribution in [3.63, 3.8) is 0 Å². The SMILES string of the molecule is COC(=O)N(C)C[C@@]12C=C[C@H](O1)C(Cl)(Cl)C(=O)C2(Cl)Cl. The molecule has 0 saturated carbocycles. The summed E-state index contributed by atoms with van der Waals surface area (Å²) in [6.45, 7) is -0.0880. The number of halogens is 4. The lowest BCUT2D eigenvalue weighted by atomic mass is 9.92. The van der Waals surface area contributed by atoms with Crippen LogP contribution in [0.15, 0.2) is 12.2 Å². The number of alkyl halides is 4. The summed E-state index contributed by atoms with van der Waals surface area (Å²) < 4.78 is 6.32. The van der Waals surface area contributed by atoms with Gasteiger partial charge in [0, 0.05) is 7.05 Å². The fraction of sp³-hybridized carbons (Fsp3) is 0.636. The van der Waals surface area contributed by atoms with E-state index in [0.717, 1.165) is 0 Å². The Balaban J connectivity index is 2.36. The first-order chi connectivity index (χ1) is 9.08. The molecule has 0 spiro atoms. The number of ether oxygens (including phenoxy) is 2. The van der Waals surface area contributed by atoms with Crippen LogP contribution in [-0.2, 0) is 14.3 Å². The van der Waals surface area contributed by atoms with E-state index in [1.165, 1.54) is 31.2 Å². The highest BCUT2D eigenvalue weighted by molar-refractivity contribution is 6.70. The summed E-state index contributed by atoms with van der Waals surface area (Å²) in [6.07, 6.45) is 1.51. The molecule has 0 aromatic heterocycles. The molecule has 0 aromatic rings. The summed E-state index contributed by atoms with van der Waals surface area (Å²) in [6, 6.07) is 0. The van der Waals surface area contributed by atoms with Crippen molar-refractivity contribution in [1.29, 1.82) is 0 Å². The molecule has 2 rings (SSSR count). The van der Waals surface area contributed by atoms with Crippen molar-refractivity contribution >= 4 is 58.3 Å². The van der Waals surface area contributed by atoms with Crippen molar-refractivity contribution in [2.24, 2.45) is 0 Å². The number of hydrogen-bond acceptors (Lipinski definition) is 4. The molecule has 112 valence electrons. The summed E-state index contributed by atoms with van der Waals surface area (Å²) in [5, 5.41) is 0. The summed E-state index contributed by atoms with van der Waals surface area (Å²) in [5.74, 6) is -0.781. The van der Waals surface area contributed by atoms with E-state index < -0.39 is 32.2 Å². The Bertz CT molecular complexity index is 493. The molecule has 2 atom stereocenters. The molecule has 2 bridgehead atoms. The zero-order valence-electron chi connectivity index (χ0n) is 10.5. The molecule has 0 radical (unpaired) electrons. The predicted octanol–water partition coefficient (Wildman–Crippen LogP) is 2.31. The van der Waals surface area contributed by atoms with Gasteiger partial charge in [0.2, 0.25) is 14.4 Å². The third kappa shape index (κ3) is 2.11. The van der Waals surface area contributed by atoms with Crippen LogP contribution in [0.4, 0.5) is 4.79 Å². The van der Waals surface area contributed by atoms with E-state index >= 15 is 0 Å². The van der Waals surface area contributed by atoms with Crippen LogP contribution in [0.5, 0.6) is 0 Å². The van der Waals surface area contributed by atoms with Gasteiger partial charge < -0.3 is 14.4 Å². The van der Waals surface area contributed by atoms with Crippen molar-refractivity contribution in [3.8, 4) is 0 Å². The van der Waals surface area contributed by atoms with Gasteiger partial charge in [0.25, 0.3) is 0 Å². The van der Waals surface area contributed by atoms with Gasteiger partial charge >= 0.3 is 6.09 Å². The fourth-order valence-corrected chi connectivity index (χ4v) is 3.56. The number of Topliss-reactive ketones (excluding diaryl/α,β-unsaturated/α-hetero) is 1. The van der Waals surface area contributed by atoms with Crippen LogP contribution in [-0.4, -0.2) is 57.9 Å². The number of ketones is 1. The lowest BCUT2D eigenvalue weighted by Gasteiger charge is -2.47. The summed E-state index contributed by atoms with van der Waals surface area (Å²) in [4.78, 5) is 24.9. The molecule has 9 heteroatoms. The van der Waals surface area contributed by atoms with E-state index in [0.29, 0.717) is 0 Å². The molecule has 1 amide bonds. The maximum Gasteiger partial charge on any atom is 0.409 e. The number of fused-ring (bicyclic) bond motifs is 2. The summed E-state index contributed by atoms with van der Waals surface area (Å²) in [7, 11) is 2.69. The van der Waals surface area contributed by atoms with Crippen LogP contribution >= 0.6 is 46.4 Å². The average Bonchev–Trinajstić information content (AvgIpc) is 2.80. The van der Waals surface area contributed by atoms with E-state index in [2.05, 4.69) is 4.74 Å². The van der Waals surface area contributed by atoms with Crippen LogP contribution in [0.1, 0.15) is 0 Å². The molecule has 20 heavy (non-hydrogen) atoms. The maximum atomic E-state index is 12.3. The second-order valence-electron chi connectivity index (χ2n) is 4.64. The van der Waals surface area contributed by atoms with Crippen molar-refractivity contribution in [2.45, 2.75) is 20.4 Å². The highest BCUT2D eigenvalue weighted by atomic mass is 35.5. The molecule has 1 fully saturated rings. The lowest BCUT2D eigenvalue weighted by molar-refractivity contribution is -0.142. The second-order valence-corrected chi connectivity index (χ2v) is 7.35. The Morgan fingerprint density at radius 1 is 1.45 bits per heavy atom. The monoisotopic (exact) mass is 361 g/mol. The van der Waals surface area contributed by atoms with Gasteiger partial charge in [-0.25, -0.2) is 4.79 Å². The summed E-state index contributed by atoms with van der Waals surface area (Å²) >= 11 is 24.2. The summed E-state index contributed by atoms with van der Waals surface area (Å²) in [5.41, 5.74) is -1.42. The Labute approximate surface area is 135 Å². The van der Waals surface area contributed by atoms with E-state index in [-0.39, 0.29) is 6.54 Å². The van der Waals surface area contributed by atoms with E-state index in [1.807, 2.05) is 0 Å². The van der Waals surface area contributed by atoms with Crippen molar-refractivity contribution < 1.29 is 19.1 Å². The zero-order valence-corrected chi connectivity index (χ0v) is 13.6. The number of methoxy groups -OCH3 is 1. The predicted molar refractivity (Wildman–Crippen MR) is 75.7 cm³/mol. The smallest absolute Gasteiger partial charge is 0.409 e. The van der Waals surface area contributed by atoms with Crippen LogP contribution in [0, 0.1) is 0 Å². The Hall–Kier alpha value is -0.200. The number of carbonyl (C=O) groups excluding carboxylic acids is 2. The lowest BCUT2D eigenvalue weighted by Crippen LogP contribution is -2.67. The first-order valence-electron chi connectivity index (χ1n) is 5.55. The molecule has 0 N–H and O–H groups in total. The quantitative estimate of drug-likeness (QED) is 0.558. The Morgan fingerprint density at radius 2 is 2.05 bits per heavy atom. The molecule has 0 aliphatic carbocycles. The first kappa shape index (κ1) is 16.2. The van der Waals surface area contributed by atoms with Crippen LogP contribution in [0.25, 0.3) is 0 Å². The first-order valence-corrected chi connectivity index (χ1v) is 7.06. The molecule has 2 aliphatic heterocycles. The molecular weight excluding hydrogens is 352 g/mol. The average molecular weight is 363 g/mol. The molecule has 0 aromatic carbocycles. The van der Waals surface area contributed by atoms with Crippen molar-refractivity contribution in [1.82, 2.24) is 4.90 Å². The van der Waals surface area contributed by atoms with Gasteiger partial charge in [-0.1, -0.05) is 52.5 Å². The minimum atomic E-state index is -2.03. The topological polar surface area (TPSA) is 55.8 Å². The third-order valence-electron chi connectivity index (χ3n) is 3.31. The number of carbonyl (C=O) groups is 2. The molecule has 1 saturated heterocycles. The van der Waals surface area contributed by atoms with Gasteiger partial charge in [0.1, 0.15) is 11.7 Å². The molecular formula is C11H11Cl4NO4. The van der Waals surface area contributed by atoms with E-state index in [9.17, 15) is 9.59 Å². The van der Waals surface area contributed by atoms with Gasteiger partial charge in [-0.15, -0.1) is 0 Å². The van der Waals surface area contributed by atoms with Crippen molar-refractivity contribution in [3.05, 3.63) is 12.2 Å². The number of rotatable bonds is 2. The number of likely N-dealkylation sites (N-methyl/N-ethyl adjacent to an activating group) is 1. The number of amides is 1. The minimum Gasteiger partial charge on any atom is -0.453 e. The molecule has 5 nitrogen and oxygen atoms in total. The highest BCUT2D eigenvalue weighted by Gasteiger charge is 2.69. The minimum absolute atomic E-state index is 0.0880. The third-order valence-corrected chi connectivity index (χ3v) is 5.07. The normalized spacial score (nSPS) is 33.1.